The van der Waals surface area contributed by atoms with Gasteiger partial charge in [0, 0.05) is 11.9 Å². The molecule has 0 radical (unpaired) electrons. The van der Waals surface area contributed by atoms with Crippen molar-refractivity contribution >= 4 is 11.6 Å². The molecular weight excluding hydrogens is 244 g/mol. The standard InChI is InChI=1S/C13H10N4O2/c1-8-6-11(10-4-2-3-5-14-10)16-12-9(13(18)19)7-15-17(8)12/h2-7H,1H3,(H,18,19). The first kappa shape index (κ1) is 11.3. The summed E-state index contributed by atoms with van der Waals surface area (Å²) < 4.78 is 1.51. The molecule has 0 bridgehead atoms. The van der Waals surface area contributed by atoms with Crippen LogP contribution in [0.15, 0.2) is 36.7 Å². The van der Waals surface area contributed by atoms with Gasteiger partial charge in [0.15, 0.2) is 5.65 Å². The molecule has 0 aliphatic rings. The van der Waals surface area contributed by atoms with E-state index in [1.807, 2.05) is 31.2 Å². The zero-order valence-corrected chi connectivity index (χ0v) is 10.1. The minimum atomic E-state index is -1.04. The zero-order valence-electron chi connectivity index (χ0n) is 10.1. The van der Waals surface area contributed by atoms with Crippen molar-refractivity contribution in [3.8, 4) is 11.4 Å². The number of carboxylic acids is 1. The molecule has 3 aromatic rings. The van der Waals surface area contributed by atoms with Crippen LogP contribution < -0.4 is 0 Å². The average Bonchev–Trinajstić information content (AvgIpc) is 2.84. The van der Waals surface area contributed by atoms with Crippen molar-refractivity contribution in [2.75, 3.05) is 0 Å². The first-order valence-corrected chi connectivity index (χ1v) is 5.67. The van der Waals surface area contributed by atoms with E-state index in [-0.39, 0.29) is 5.56 Å². The molecule has 0 saturated carbocycles. The molecule has 1 N–H and O–H groups in total. The van der Waals surface area contributed by atoms with E-state index >= 15 is 0 Å². The molecule has 0 aliphatic carbocycles. The van der Waals surface area contributed by atoms with Gasteiger partial charge in [-0.1, -0.05) is 6.07 Å². The number of aromatic carboxylic acids is 1. The van der Waals surface area contributed by atoms with Crippen molar-refractivity contribution in [1.29, 1.82) is 0 Å². The number of aromatic nitrogens is 4. The van der Waals surface area contributed by atoms with E-state index in [4.69, 9.17) is 5.11 Å². The van der Waals surface area contributed by atoms with Crippen molar-refractivity contribution in [2.45, 2.75) is 6.92 Å². The lowest BCUT2D eigenvalue weighted by Gasteiger charge is -2.04. The van der Waals surface area contributed by atoms with Gasteiger partial charge in [-0.3, -0.25) is 4.98 Å². The number of carboxylic acid groups (broad SMARTS) is 1. The Kier molecular flexibility index (Phi) is 2.49. The number of nitrogens with zero attached hydrogens (tertiary/aromatic N) is 4. The summed E-state index contributed by atoms with van der Waals surface area (Å²) in [5.74, 6) is -1.04. The maximum atomic E-state index is 11.1. The van der Waals surface area contributed by atoms with Crippen LogP contribution in [0.25, 0.3) is 17.0 Å². The molecule has 0 aromatic carbocycles. The smallest absolute Gasteiger partial charge is 0.341 e. The normalized spacial score (nSPS) is 10.8. The fourth-order valence-corrected chi connectivity index (χ4v) is 1.91. The predicted molar refractivity (Wildman–Crippen MR) is 67.9 cm³/mol. The first-order chi connectivity index (χ1) is 9.16. The molecule has 3 heterocycles. The van der Waals surface area contributed by atoms with Crippen molar-refractivity contribution < 1.29 is 9.90 Å². The van der Waals surface area contributed by atoms with Crippen molar-refractivity contribution in [3.63, 3.8) is 0 Å². The molecule has 0 atom stereocenters. The van der Waals surface area contributed by atoms with Crippen LogP contribution in [-0.4, -0.2) is 30.7 Å². The average molecular weight is 254 g/mol. The number of hydrogen-bond acceptors (Lipinski definition) is 4. The number of pyridine rings is 1. The maximum absolute atomic E-state index is 11.1. The topological polar surface area (TPSA) is 80.4 Å². The Hall–Kier alpha value is -2.76. The van der Waals surface area contributed by atoms with E-state index in [0.29, 0.717) is 17.0 Å². The second kappa shape index (κ2) is 4.16. The van der Waals surface area contributed by atoms with Crippen LogP contribution in [-0.2, 0) is 0 Å². The Bertz CT molecular complexity index is 765. The van der Waals surface area contributed by atoms with Gasteiger partial charge in [0.25, 0.3) is 0 Å². The fourth-order valence-electron chi connectivity index (χ4n) is 1.91. The van der Waals surface area contributed by atoms with Crippen molar-refractivity contribution in [2.24, 2.45) is 0 Å². The van der Waals surface area contributed by atoms with Gasteiger partial charge in [0.1, 0.15) is 5.56 Å². The molecule has 0 spiro atoms. The lowest BCUT2D eigenvalue weighted by molar-refractivity contribution is 0.0699. The van der Waals surface area contributed by atoms with Crippen LogP contribution in [0.3, 0.4) is 0 Å². The van der Waals surface area contributed by atoms with E-state index in [1.165, 1.54) is 10.7 Å². The van der Waals surface area contributed by atoms with E-state index in [1.54, 1.807) is 6.20 Å². The molecular formula is C13H10N4O2. The highest BCUT2D eigenvalue weighted by Gasteiger charge is 2.15. The lowest BCUT2D eigenvalue weighted by Crippen LogP contribution is -2.01. The molecule has 0 aliphatic heterocycles. The number of carbonyl (C=O) groups is 1. The predicted octanol–water partition coefficient (Wildman–Crippen LogP) is 1.80. The van der Waals surface area contributed by atoms with Crippen LogP contribution in [0.1, 0.15) is 16.1 Å². The quantitative estimate of drug-likeness (QED) is 0.754. The summed E-state index contributed by atoms with van der Waals surface area (Å²) in [6.07, 6.45) is 2.98. The summed E-state index contributed by atoms with van der Waals surface area (Å²) >= 11 is 0. The Morgan fingerprint density at radius 2 is 2.16 bits per heavy atom. The number of fused-ring (bicyclic) bond motifs is 1. The number of aryl methyl sites for hydroxylation is 1. The Morgan fingerprint density at radius 3 is 2.84 bits per heavy atom. The van der Waals surface area contributed by atoms with E-state index in [2.05, 4.69) is 15.1 Å². The molecule has 6 nitrogen and oxygen atoms in total. The van der Waals surface area contributed by atoms with E-state index in [9.17, 15) is 4.79 Å². The van der Waals surface area contributed by atoms with Gasteiger partial charge in [-0.2, -0.15) is 5.10 Å². The van der Waals surface area contributed by atoms with Crippen LogP contribution in [0, 0.1) is 6.92 Å². The van der Waals surface area contributed by atoms with Gasteiger partial charge in [-0.15, -0.1) is 0 Å². The molecule has 6 heteroatoms. The largest absolute Gasteiger partial charge is 0.477 e. The van der Waals surface area contributed by atoms with Crippen LogP contribution in [0.2, 0.25) is 0 Å². The van der Waals surface area contributed by atoms with Crippen molar-refractivity contribution in [1.82, 2.24) is 19.6 Å². The third kappa shape index (κ3) is 1.83. The summed E-state index contributed by atoms with van der Waals surface area (Å²) in [6, 6.07) is 7.33. The van der Waals surface area contributed by atoms with E-state index < -0.39 is 5.97 Å². The Labute approximate surface area is 108 Å². The van der Waals surface area contributed by atoms with Crippen LogP contribution in [0.5, 0.6) is 0 Å². The molecule has 0 saturated heterocycles. The van der Waals surface area contributed by atoms with Gasteiger partial charge in [-0.25, -0.2) is 14.3 Å². The van der Waals surface area contributed by atoms with Gasteiger partial charge in [-0.05, 0) is 25.1 Å². The molecule has 0 amide bonds. The summed E-state index contributed by atoms with van der Waals surface area (Å²) in [7, 11) is 0. The molecule has 3 aromatic heterocycles. The zero-order chi connectivity index (χ0) is 13.4. The van der Waals surface area contributed by atoms with Crippen molar-refractivity contribution in [3.05, 3.63) is 47.9 Å². The summed E-state index contributed by atoms with van der Waals surface area (Å²) in [4.78, 5) is 19.7. The minimum absolute atomic E-state index is 0.0841. The van der Waals surface area contributed by atoms with Crippen LogP contribution in [0.4, 0.5) is 0 Å². The van der Waals surface area contributed by atoms with Gasteiger partial charge in [0.05, 0.1) is 17.6 Å². The van der Waals surface area contributed by atoms with E-state index in [0.717, 1.165) is 5.69 Å². The van der Waals surface area contributed by atoms with Crippen LogP contribution >= 0.6 is 0 Å². The molecule has 0 unspecified atom stereocenters. The summed E-state index contributed by atoms with van der Waals surface area (Å²) in [5.41, 5.74) is 2.55. The number of rotatable bonds is 2. The fraction of sp³-hybridized carbons (Fsp3) is 0.0769. The Balaban J connectivity index is 2.28. The second-order valence-corrected chi connectivity index (χ2v) is 4.10. The highest BCUT2D eigenvalue weighted by molar-refractivity contribution is 5.94. The summed E-state index contributed by atoms with van der Waals surface area (Å²) in [5, 5.41) is 13.1. The SMILES string of the molecule is Cc1cc(-c2ccccn2)nc2c(C(=O)O)cnn12. The monoisotopic (exact) mass is 254 g/mol. The first-order valence-electron chi connectivity index (χ1n) is 5.67. The summed E-state index contributed by atoms with van der Waals surface area (Å²) in [6.45, 7) is 1.85. The highest BCUT2D eigenvalue weighted by atomic mass is 16.4. The second-order valence-electron chi connectivity index (χ2n) is 4.10. The molecule has 0 fully saturated rings. The van der Waals surface area contributed by atoms with Gasteiger partial charge < -0.3 is 5.11 Å². The van der Waals surface area contributed by atoms with Gasteiger partial charge in [0.2, 0.25) is 0 Å². The highest BCUT2D eigenvalue weighted by Crippen LogP contribution is 2.19. The molecule has 19 heavy (non-hydrogen) atoms. The maximum Gasteiger partial charge on any atom is 0.341 e. The minimum Gasteiger partial charge on any atom is -0.477 e. The Morgan fingerprint density at radius 1 is 1.32 bits per heavy atom. The molecule has 3 rings (SSSR count). The lowest BCUT2D eigenvalue weighted by atomic mass is 10.2. The number of hydrogen-bond donors (Lipinski definition) is 1. The third-order valence-electron chi connectivity index (χ3n) is 2.81. The third-order valence-corrected chi connectivity index (χ3v) is 2.81. The van der Waals surface area contributed by atoms with Gasteiger partial charge >= 0.3 is 5.97 Å². The molecule has 94 valence electrons.